The van der Waals surface area contributed by atoms with Gasteiger partial charge in [-0.05, 0) is 77.9 Å². The lowest BCUT2D eigenvalue weighted by atomic mass is 9.96. The van der Waals surface area contributed by atoms with Gasteiger partial charge in [-0.3, -0.25) is 19.2 Å². The van der Waals surface area contributed by atoms with Crippen LogP contribution in [-0.2, 0) is 9.59 Å². The Morgan fingerprint density at radius 1 is 0.500 bits per heavy atom. The summed E-state index contributed by atoms with van der Waals surface area (Å²) in [6, 6.07) is 27.8. The molecule has 0 aliphatic rings. The van der Waals surface area contributed by atoms with Crippen molar-refractivity contribution in [2.75, 3.05) is 21.3 Å². The Bertz CT molecular complexity index is 1480. The first kappa shape index (κ1) is 25.8. The van der Waals surface area contributed by atoms with Gasteiger partial charge in [0.1, 0.15) is 0 Å². The maximum atomic E-state index is 13.2. The lowest BCUT2D eigenvalue weighted by Crippen LogP contribution is -2.16. The summed E-state index contributed by atoms with van der Waals surface area (Å²) in [7, 11) is 0. The van der Waals surface area contributed by atoms with E-state index < -0.39 is 0 Å². The van der Waals surface area contributed by atoms with Gasteiger partial charge in [-0.15, -0.1) is 0 Å². The molecule has 0 bridgehead atoms. The van der Waals surface area contributed by atoms with E-state index in [0.717, 1.165) is 5.56 Å². The molecule has 8 heteroatoms. The van der Waals surface area contributed by atoms with E-state index in [0.29, 0.717) is 39.4 Å². The van der Waals surface area contributed by atoms with E-state index in [2.05, 4.69) is 21.3 Å². The Morgan fingerprint density at radius 3 is 1.42 bits per heavy atom. The smallest absolute Gasteiger partial charge is 0.256 e. The van der Waals surface area contributed by atoms with Crippen LogP contribution >= 0.6 is 0 Å². The van der Waals surface area contributed by atoms with Crippen LogP contribution in [0, 0.1) is 0 Å². The van der Waals surface area contributed by atoms with E-state index in [4.69, 9.17) is 0 Å². The van der Waals surface area contributed by atoms with Gasteiger partial charge in [0.15, 0.2) is 0 Å². The van der Waals surface area contributed by atoms with Crippen molar-refractivity contribution in [3.8, 4) is 11.1 Å². The molecular weight excluding hydrogens is 480 g/mol. The minimum atomic E-state index is -0.338. The third-order valence-electron chi connectivity index (χ3n) is 5.54. The van der Waals surface area contributed by atoms with Crippen LogP contribution in [0.4, 0.5) is 22.7 Å². The molecule has 0 saturated carbocycles. The standard InChI is InChI=1S/C30H26N4O4/c1-19(35)31-23-9-13-25(14-10-23)33-29(37)22-8-17-27(28(18-22)21-6-4-3-5-7-21)30(38)34-26-15-11-24(12-16-26)32-20(2)36/h3-18H,1-2H3,(H,31,35)(H,32,36)(H,33,37)(H,34,38). The number of hydrogen-bond donors (Lipinski definition) is 4. The molecule has 0 heterocycles. The van der Waals surface area contributed by atoms with Gasteiger partial charge in [0.05, 0.1) is 0 Å². The molecule has 0 radical (unpaired) electrons. The van der Waals surface area contributed by atoms with Crippen LogP contribution in [0.1, 0.15) is 34.6 Å². The first-order valence-corrected chi connectivity index (χ1v) is 11.9. The van der Waals surface area contributed by atoms with Gasteiger partial charge in [-0.2, -0.15) is 0 Å². The minimum Gasteiger partial charge on any atom is -0.326 e. The van der Waals surface area contributed by atoms with Gasteiger partial charge in [0.2, 0.25) is 11.8 Å². The monoisotopic (exact) mass is 506 g/mol. The molecule has 38 heavy (non-hydrogen) atoms. The summed E-state index contributed by atoms with van der Waals surface area (Å²) >= 11 is 0. The summed E-state index contributed by atoms with van der Waals surface area (Å²) in [5.41, 5.74) is 4.55. The Hall–Kier alpha value is -5.24. The second-order valence-electron chi connectivity index (χ2n) is 8.55. The molecule has 4 aromatic rings. The van der Waals surface area contributed by atoms with Crippen LogP contribution in [0.25, 0.3) is 11.1 Å². The van der Waals surface area contributed by atoms with Crippen molar-refractivity contribution >= 4 is 46.4 Å². The van der Waals surface area contributed by atoms with Crippen LogP contribution in [0.15, 0.2) is 97.1 Å². The fraction of sp³-hybridized carbons (Fsp3) is 0.0667. The predicted octanol–water partition coefficient (Wildman–Crippen LogP) is 5.78. The maximum absolute atomic E-state index is 13.2. The van der Waals surface area contributed by atoms with Gasteiger partial charge < -0.3 is 21.3 Å². The molecule has 4 rings (SSSR count). The summed E-state index contributed by atoms with van der Waals surface area (Å²) in [6.45, 7) is 2.85. The van der Waals surface area contributed by atoms with Crippen LogP contribution < -0.4 is 21.3 Å². The van der Waals surface area contributed by atoms with Crippen molar-refractivity contribution in [1.82, 2.24) is 0 Å². The molecule has 4 amide bonds. The highest BCUT2D eigenvalue weighted by molar-refractivity contribution is 6.11. The molecule has 0 unspecified atom stereocenters. The molecule has 0 aliphatic carbocycles. The molecule has 4 N–H and O–H groups in total. The fourth-order valence-corrected chi connectivity index (χ4v) is 3.82. The first-order valence-electron chi connectivity index (χ1n) is 11.9. The van der Waals surface area contributed by atoms with Crippen molar-refractivity contribution in [3.63, 3.8) is 0 Å². The van der Waals surface area contributed by atoms with E-state index in [1.807, 2.05) is 30.3 Å². The third kappa shape index (κ3) is 6.70. The topological polar surface area (TPSA) is 116 Å². The average molecular weight is 507 g/mol. The molecule has 8 nitrogen and oxygen atoms in total. The normalized spacial score (nSPS) is 10.3. The van der Waals surface area contributed by atoms with E-state index in [9.17, 15) is 19.2 Å². The molecule has 0 spiro atoms. The summed E-state index contributed by atoms with van der Waals surface area (Å²) in [5.74, 6) is -1.03. The van der Waals surface area contributed by atoms with Crippen LogP contribution in [-0.4, -0.2) is 23.6 Å². The lowest BCUT2D eigenvalue weighted by molar-refractivity contribution is -0.115. The molecule has 0 aliphatic heterocycles. The zero-order chi connectivity index (χ0) is 27.1. The van der Waals surface area contributed by atoms with E-state index in [1.165, 1.54) is 13.8 Å². The molecule has 190 valence electrons. The number of hydrogen-bond acceptors (Lipinski definition) is 4. The number of carbonyl (C=O) groups is 4. The quantitative estimate of drug-likeness (QED) is 0.254. The summed E-state index contributed by atoms with van der Waals surface area (Å²) in [5, 5.41) is 11.1. The van der Waals surface area contributed by atoms with Crippen molar-refractivity contribution < 1.29 is 19.2 Å². The average Bonchev–Trinajstić information content (AvgIpc) is 2.90. The highest BCUT2D eigenvalue weighted by Gasteiger charge is 2.17. The Kier molecular flexibility index (Phi) is 7.93. The number of rotatable bonds is 7. The van der Waals surface area contributed by atoms with Gasteiger partial charge in [0.25, 0.3) is 11.8 Å². The number of carbonyl (C=O) groups excluding carboxylic acids is 4. The Labute approximate surface area is 220 Å². The van der Waals surface area contributed by atoms with E-state index in [1.54, 1.807) is 66.7 Å². The minimum absolute atomic E-state index is 0.179. The molecule has 4 aromatic carbocycles. The summed E-state index contributed by atoms with van der Waals surface area (Å²) < 4.78 is 0. The van der Waals surface area contributed by atoms with Crippen LogP contribution in [0.3, 0.4) is 0 Å². The van der Waals surface area contributed by atoms with E-state index >= 15 is 0 Å². The predicted molar refractivity (Wildman–Crippen MR) is 149 cm³/mol. The SMILES string of the molecule is CC(=O)Nc1ccc(NC(=O)c2ccc(C(=O)Nc3ccc(NC(C)=O)cc3)c(-c3ccccc3)c2)cc1. The fourth-order valence-electron chi connectivity index (χ4n) is 3.82. The highest BCUT2D eigenvalue weighted by atomic mass is 16.2. The van der Waals surface area contributed by atoms with Crippen molar-refractivity contribution in [1.29, 1.82) is 0 Å². The maximum Gasteiger partial charge on any atom is 0.256 e. The molecular formula is C30H26N4O4. The van der Waals surface area contributed by atoms with Gasteiger partial charge >= 0.3 is 0 Å². The molecule has 0 aromatic heterocycles. The number of benzene rings is 4. The van der Waals surface area contributed by atoms with Crippen molar-refractivity contribution in [3.05, 3.63) is 108 Å². The second-order valence-corrected chi connectivity index (χ2v) is 8.55. The number of nitrogens with one attached hydrogen (secondary N) is 4. The summed E-state index contributed by atoms with van der Waals surface area (Å²) in [6.07, 6.45) is 0. The van der Waals surface area contributed by atoms with Gasteiger partial charge in [0, 0.05) is 47.7 Å². The molecule has 0 fully saturated rings. The first-order chi connectivity index (χ1) is 18.3. The Morgan fingerprint density at radius 2 is 0.947 bits per heavy atom. The third-order valence-corrected chi connectivity index (χ3v) is 5.54. The zero-order valence-electron chi connectivity index (χ0n) is 20.9. The molecule has 0 saturated heterocycles. The molecule has 0 atom stereocenters. The largest absolute Gasteiger partial charge is 0.326 e. The van der Waals surface area contributed by atoms with Crippen LogP contribution in [0.2, 0.25) is 0 Å². The highest BCUT2D eigenvalue weighted by Crippen LogP contribution is 2.27. The van der Waals surface area contributed by atoms with Gasteiger partial charge in [-0.25, -0.2) is 0 Å². The zero-order valence-corrected chi connectivity index (χ0v) is 20.9. The van der Waals surface area contributed by atoms with E-state index in [-0.39, 0.29) is 23.6 Å². The number of amides is 4. The number of anilines is 4. The van der Waals surface area contributed by atoms with Crippen molar-refractivity contribution in [2.24, 2.45) is 0 Å². The second kappa shape index (κ2) is 11.7. The van der Waals surface area contributed by atoms with Crippen LogP contribution in [0.5, 0.6) is 0 Å². The Balaban J connectivity index is 1.57. The summed E-state index contributed by atoms with van der Waals surface area (Å²) in [4.78, 5) is 48.7. The van der Waals surface area contributed by atoms with Crippen molar-refractivity contribution in [2.45, 2.75) is 13.8 Å². The lowest BCUT2D eigenvalue weighted by Gasteiger charge is -2.13. The van der Waals surface area contributed by atoms with Gasteiger partial charge in [-0.1, -0.05) is 30.3 Å².